The highest BCUT2D eigenvalue weighted by atomic mass is 16.2. The Morgan fingerprint density at radius 2 is 2.20 bits per heavy atom. The molecule has 0 fully saturated rings. The molecule has 0 bridgehead atoms. The van der Waals surface area contributed by atoms with E-state index in [-0.39, 0.29) is 12.5 Å². The summed E-state index contributed by atoms with van der Waals surface area (Å²) < 4.78 is 3.29. The van der Waals surface area contributed by atoms with Crippen molar-refractivity contribution in [2.45, 2.75) is 13.1 Å². The van der Waals surface area contributed by atoms with E-state index in [0.717, 1.165) is 16.6 Å². The molecule has 0 aliphatic heterocycles. The first kappa shape index (κ1) is 12.3. The monoisotopic (exact) mass is 270 g/mol. The number of hydrogen-bond donors (Lipinski definition) is 1. The van der Waals surface area contributed by atoms with Gasteiger partial charge in [-0.3, -0.25) is 9.48 Å². The molecule has 0 atom stereocenters. The number of fused-ring (bicyclic) bond motifs is 1. The minimum Gasteiger partial charge on any atom is -0.350 e. The summed E-state index contributed by atoms with van der Waals surface area (Å²) in [6.07, 6.45) is 3.59. The number of carbonyl (C=O) groups is 1. The Labute approximate surface area is 115 Å². The number of para-hydroxylation sites is 1. The third-order valence-electron chi connectivity index (χ3n) is 2.96. The number of benzene rings is 1. The van der Waals surface area contributed by atoms with E-state index in [4.69, 9.17) is 0 Å². The molecule has 1 amide bonds. The molecule has 0 saturated heterocycles. The van der Waals surface area contributed by atoms with E-state index in [1.807, 2.05) is 37.5 Å². The fourth-order valence-electron chi connectivity index (χ4n) is 1.99. The molecule has 0 aliphatic carbocycles. The van der Waals surface area contributed by atoms with Crippen LogP contribution in [0.5, 0.6) is 0 Å². The number of nitrogens with one attached hydrogen (secondary N) is 1. The number of carbonyl (C=O) groups excluding carboxylic acids is 1. The lowest BCUT2D eigenvalue weighted by atomic mass is 10.3. The Hall–Kier alpha value is -2.70. The van der Waals surface area contributed by atoms with Gasteiger partial charge in [0.25, 0.3) is 0 Å². The maximum atomic E-state index is 11.9. The average Bonchev–Trinajstić information content (AvgIpc) is 3.04. The molecular formula is C13H14N6O. The van der Waals surface area contributed by atoms with Crippen LogP contribution in [0.4, 0.5) is 0 Å². The fourth-order valence-corrected chi connectivity index (χ4v) is 1.99. The van der Waals surface area contributed by atoms with Gasteiger partial charge in [0.05, 0.1) is 11.7 Å². The number of rotatable bonds is 4. The zero-order valence-electron chi connectivity index (χ0n) is 11.0. The van der Waals surface area contributed by atoms with E-state index in [1.165, 1.54) is 0 Å². The molecule has 2 heterocycles. The SMILES string of the molecule is Cn1cc(CNC(=O)Cn2nnc3ccccc32)cn1. The quantitative estimate of drug-likeness (QED) is 0.748. The normalized spacial score (nSPS) is 10.8. The van der Waals surface area contributed by atoms with Gasteiger partial charge in [-0.25, -0.2) is 4.68 Å². The van der Waals surface area contributed by atoms with Crippen molar-refractivity contribution in [1.29, 1.82) is 0 Å². The maximum Gasteiger partial charge on any atom is 0.242 e. The molecule has 0 unspecified atom stereocenters. The Balaban J connectivity index is 1.64. The standard InChI is InChI=1S/C13H14N6O/c1-18-8-10(7-15-18)6-14-13(20)9-19-12-5-3-2-4-11(12)16-17-19/h2-5,7-8H,6,9H2,1H3,(H,14,20). The van der Waals surface area contributed by atoms with Gasteiger partial charge < -0.3 is 5.32 Å². The molecule has 1 aromatic carbocycles. The second kappa shape index (κ2) is 5.12. The van der Waals surface area contributed by atoms with Gasteiger partial charge >= 0.3 is 0 Å². The highest BCUT2D eigenvalue weighted by molar-refractivity contribution is 5.79. The molecule has 7 nitrogen and oxygen atoms in total. The van der Waals surface area contributed by atoms with Crippen LogP contribution in [0, 0.1) is 0 Å². The maximum absolute atomic E-state index is 11.9. The Kier molecular flexibility index (Phi) is 3.16. The van der Waals surface area contributed by atoms with Gasteiger partial charge in [-0.05, 0) is 12.1 Å². The lowest BCUT2D eigenvalue weighted by Gasteiger charge is -2.04. The van der Waals surface area contributed by atoms with Crippen molar-refractivity contribution in [3.63, 3.8) is 0 Å². The summed E-state index contributed by atoms with van der Waals surface area (Å²) in [4.78, 5) is 11.9. The molecule has 0 saturated carbocycles. The molecule has 1 N–H and O–H groups in total. The topological polar surface area (TPSA) is 77.6 Å². The van der Waals surface area contributed by atoms with Crippen LogP contribution in [0.1, 0.15) is 5.56 Å². The van der Waals surface area contributed by atoms with Gasteiger partial charge in [0, 0.05) is 25.4 Å². The lowest BCUT2D eigenvalue weighted by Crippen LogP contribution is -2.27. The summed E-state index contributed by atoms with van der Waals surface area (Å²) in [5, 5.41) is 14.9. The first-order chi connectivity index (χ1) is 9.72. The average molecular weight is 270 g/mol. The van der Waals surface area contributed by atoms with Crippen LogP contribution in [-0.4, -0.2) is 30.7 Å². The molecule has 3 rings (SSSR count). The van der Waals surface area contributed by atoms with Crippen LogP contribution in [0.15, 0.2) is 36.7 Å². The summed E-state index contributed by atoms with van der Waals surface area (Å²) in [6.45, 7) is 0.611. The Morgan fingerprint density at radius 3 is 3.00 bits per heavy atom. The predicted molar refractivity (Wildman–Crippen MR) is 72.6 cm³/mol. The second-order valence-electron chi connectivity index (χ2n) is 4.53. The number of amides is 1. The summed E-state index contributed by atoms with van der Waals surface area (Å²) >= 11 is 0. The van der Waals surface area contributed by atoms with E-state index in [2.05, 4.69) is 20.7 Å². The molecule has 3 aromatic rings. The van der Waals surface area contributed by atoms with Crippen LogP contribution < -0.4 is 5.32 Å². The van der Waals surface area contributed by atoms with Gasteiger partial charge in [0.1, 0.15) is 12.1 Å². The van der Waals surface area contributed by atoms with E-state index < -0.39 is 0 Å². The number of nitrogens with zero attached hydrogens (tertiary/aromatic N) is 5. The predicted octanol–water partition coefficient (Wildman–Crippen LogP) is 0.481. The summed E-state index contributed by atoms with van der Waals surface area (Å²) in [5.74, 6) is -0.107. The van der Waals surface area contributed by atoms with Gasteiger partial charge in [-0.1, -0.05) is 17.3 Å². The molecule has 0 aliphatic rings. The van der Waals surface area contributed by atoms with Gasteiger partial charge in [0.2, 0.25) is 5.91 Å². The highest BCUT2D eigenvalue weighted by Gasteiger charge is 2.08. The first-order valence-corrected chi connectivity index (χ1v) is 6.25. The molecule has 0 radical (unpaired) electrons. The van der Waals surface area contributed by atoms with E-state index in [9.17, 15) is 4.79 Å². The molecule has 2 aromatic heterocycles. The van der Waals surface area contributed by atoms with Crippen molar-refractivity contribution < 1.29 is 4.79 Å². The van der Waals surface area contributed by atoms with Crippen LogP contribution in [0.25, 0.3) is 11.0 Å². The number of aryl methyl sites for hydroxylation is 1. The third kappa shape index (κ3) is 2.51. The summed E-state index contributed by atoms with van der Waals surface area (Å²) in [5.41, 5.74) is 2.60. The van der Waals surface area contributed by atoms with Gasteiger partial charge in [-0.2, -0.15) is 5.10 Å². The van der Waals surface area contributed by atoms with Crippen molar-refractivity contribution >= 4 is 16.9 Å². The molecular weight excluding hydrogens is 256 g/mol. The minimum absolute atomic E-state index is 0.107. The van der Waals surface area contributed by atoms with Crippen molar-refractivity contribution in [3.8, 4) is 0 Å². The van der Waals surface area contributed by atoms with Crippen molar-refractivity contribution in [1.82, 2.24) is 30.1 Å². The van der Waals surface area contributed by atoms with Crippen LogP contribution in [0.2, 0.25) is 0 Å². The van der Waals surface area contributed by atoms with Crippen LogP contribution in [0.3, 0.4) is 0 Å². The first-order valence-electron chi connectivity index (χ1n) is 6.25. The minimum atomic E-state index is -0.107. The van der Waals surface area contributed by atoms with E-state index in [0.29, 0.717) is 6.54 Å². The molecule has 0 spiro atoms. The lowest BCUT2D eigenvalue weighted by molar-refractivity contribution is -0.121. The summed E-state index contributed by atoms with van der Waals surface area (Å²) in [7, 11) is 1.84. The van der Waals surface area contributed by atoms with Crippen molar-refractivity contribution in [3.05, 3.63) is 42.2 Å². The van der Waals surface area contributed by atoms with Crippen molar-refractivity contribution in [2.75, 3.05) is 0 Å². The third-order valence-corrected chi connectivity index (χ3v) is 2.96. The van der Waals surface area contributed by atoms with Gasteiger partial charge in [0.15, 0.2) is 0 Å². The van der Waals surface area contributed by atoms with Crippen molar-refractivity contribution in [2.24, 2.45) is 7.05 Å². The Morgan fingerprint density at radius 1 is 1.35 bits per heavy atom. The largest absolute Gasteiger partial charge is 0.350 e. The van der Waals surface area contributed by atoms with Crippen LogP contribution in [-0.2, 0) is 24.9 Å². The van der Waals surface area contributed by atoms with Crippen LogP contribution >= 0.6 is 0 Å². The summed E-state index contributed by atoms with van der Waals surface area (Å²) in [6, 6.07) is 7.55. The molecule has 102 valence electrons. The zero-order chi connectivity index (χ0) is 13.9. The highest BCUT2D eigenvalue weighted by Crippen LogP contribution is 2.09. The Bertz CT molecular complexity index is 744. The van der Waals surface area contributed by atoms with E-state index in [1.54, 1.807) is 15.6 Å². The number of hydrogen-bond acceptors (Lipinski definition) is 4. The van der Waals surface area contributed by atoms with Gasteiger partial charge in [-0.15, -0.1) is 5.10 Å². The molecule has 7 heteroatoms. The fraction of sp³-hybridized carbons (Fsp3) is 0.231. The smallest absolute Gasteiger partial charge is 0.242 e. The zero-order valence-corrected chi connectivity index (χ0v) is 11.0. The number of aromatic nitrogens is 5. The van der Waals surface area contributed by atoms with E-state index >= 15 is 0 Å². The molecule has 20 heavy (non-hydrogen) atoms. The second-order valence-corrected chi connectivity index (χ2v) is 4.53.